The summed E-state index contributed by atoms with van der Waals surface area (Å²) in [7, 11) is 0. The summed E-state index contributed by atoms with van der Waals surface area (Å²) in [6.45, 7) is -5.70. The molecular weight excluding hydrogens is 152 g/mol. The van der Waals surface area contributed by atoms with Crippen molar-refractivity contribution in [1.29, 1.82) is 0 Å². The lowest BCUT2D eigenvalue weighted by atomic mass is 10.6. The quantitative estimate of drug-likeness (QED) is 0.663. The van der Waals surface area contributed by atoms with Gasteiger partial charge in [-0.25, -0.2) is 0 Å². The molecule has 0 spiro atoms. The van der Waals surface area contributed by atoms with E-state index in [1.165, 1.54) is 12.1 Å². The van der Waals surface area contributed by atoms with Crippen molar-refractivity contribution in [2.45, 2.75) is 6.85 Å². The molecule has 0 unspecified atom stereocenters. The Balaban J connectivity index is 2.82. The van der Waals surface area contributed by atoms with Gasteiger partial charge in [-0.05, 0) is 12.9 Å². The SMILES string of the molecule is [2H]C([2H])([2H])C([2H])([2H])Oc1ccc(Cl)nn1. The smallest absolute Gasteiger partial charge is 0.233 e. The Kier molecular flexibility index (Phi) is 1.03. The number of ether oxygens (including phenoxy) is 1. The Labute approximate surface area is 71.0 Å². The van der Waals surface area contributed by atoms with Gasteiger partial charge in [-0.15, -0.1) is 10.2 Å². The van der Waals surface area contributed by atoms with E-state index in [1.807, 2.05) is 0 Å². The molecule has 0 fully saturated rings. The molecule has 1 aromatic rings. The molecule has 54 valence electrons. The first-order chi connectivity index (χ1) is 6.72. The van der Waals surface area contributed by atoms with Crippen LogP contribution in [0.4, 0.5) is 0 Å². The lowest BCUT2D eigenvalue weighted by Crippen LogP contribution is -1.94. The van der Waals surface area contributed by atoms with Crippen molar-refractivity contribution < 1.29 is 11.6 Å². The van der Waals surface area contributed by atoms with Gasteiger partial charge in [0.1, 0.15) is 0 Å². The third kappa shape index (κ3) is 1.84. The van der Waals surface area contributed by atoms with Crippen LogP contribution in [0.3, 0.4) is 0 Å². The van der Waals surface area contributed by atoms with Gasteiger partial charge in [0.25, 0.3) is 0 Å². The molecule has 0 N–H and O–H groups in total. The van der Waals surface area contributed by atoms with Crippen LogP contribution < -0.4 is 4.74 Å². The summed E-state index contributed by atoms with van der Waals surface area (Å²) >= 11 is 5.44. The summed E-state index contributed by atoms with van der Waals surface area (Å²) < 4.78 is 39.5. The first-order valence-corrected chi connectivity index (χ1v) is 2.78. The maximum atomic E-state index is 7.15. The zero-order valence-electron chi connectivity index (χ0n) is 9.84. The van der Waals surface area contributed by atoms with Crippen LogP contribution in [0.5, 0.6) is 5.88 Å². The average molecular weight is 164 g/mol. The van der Waals surface area contributed by atoms with Crippen molar-refractivity contribution in [3.63, 3.8) is 0 Å². The predicted molar refractivity (Wildman–Crippen MR) is 38.2 cm³/mol. The van der Waals surface area contributed by atoms with Crippen LogP contribution >= 0.6 is 11.6 Å². The fourth-order valence-corrected chi connectivity index (χ4v) is 0.511. The monoisotopic (exact) mass is 163 g/mol. The lowest BCUT2D eigenvalue weighted by Gasteiger charge is -1.97. The number of aromatic nitrogens is 2. The minimum Gasteiger partial charge on any atom is -0.477 e. The van der Waals surface area contributed by atoms with Gasteiger partial charge in [-0.1, -0.05) is 11.6 Å². The molecule has 0 saturated carbocycles. The summed E-state index contributed by atoms with van der Waals surface area (Å²) in [5.74, 6) is -0.236. The van der Waals surface area contributed by atoms with E-state index in [-0.39, 0.29) is 11.0 Å². The number of hydrogen-bond donors (Lipinski definition) is 0. The van der Waals surface area contributed by atoms with E-state index in [1.54, 1.807) is 0 Å². The molecule has 1 rings (SSSR count). The van der Waals surface area contributed by atoms with Crippen molar-refractivity contribution >= 4 is 11.6 Å². The van der Waals surface area contributed by atoms with Crippen LogP contribution in [0.15, 0.2) is 12.1 Å². The molecule has 0 radical (unpaired) electrons. The average Bonchev–Trinajstić information content (AvgIpc) is 2.06. The van der Waals surface area contributed by atoms with Crippen LogP contribution in [0, 0.1) is 0 Å². The van der Waals surface area contributed by atoms with Gasteiger partial charge in [-0.3, -0.25) is 0 Å². The fraction of sp³-hybridized carbons (Fsp3) is 0.333. The van der Waals surface area contributed by atoms with E-state index in [9.17, 15) is 0 Å². The number of hydrogen-bond acceptors (Lipinski definition) is 3. The van der Waals surface area contributed by atoms with Crippen LogP contribution in [0.2, 0.25) is 5.15 Å². The highest BCUT2D eigenvalue weighted by atomic mass is 35.5. The minimum absolute atomic E-state index is 0.108. The minimum atomic E-state index is -2.89. The second kappa shape index (κ2) is 3.37. The molecule has 0 saturated heterocycles. The highest BCUT2D eigenvalue weighted by Gasteiger charge is 1.92. The predicted octanol–water partition coefficient (Wildman–Crippen LogP) is 1.53. The Hall–Kier alpha value is -0.830. The summed E-state index contributed by atoms with van der Waals surface area (Å²) in [5.41, 5.74) is 0. The second-order valence-electron chi connectivity index (χ2n) is 1.40. The van der Waals surface area contributed by atoms with Crippen LogP contribution in [-0.4, -0.2) is 16.8 Å². The van der Waals surface area contributed by atoms with E-state index < -0.39 is 13.4 Å². The molecule has 0 aliphatic rings. The van der Waals surface area contributed by atoms with Gasteiger partial charge >= 0.3 is 0 Å². The molecule has 3 nitrogen and oxygen atoms in total. The summed E-state index contributed by atoms with van der Waals surface area (Å²) in [5, 5.41) is 6.88. The molecule has 0 aromatic carbocycles. The molecule has 4 heteroatoms. The van der Waals surface area contributed by atoms with E-state index in [0.717, 1.165) is 0 Å². The molecule has 0 bridgehead atoms. The van der Waals surface area contributed by atoms with Gasteiger partial charge in [0.2, 0.25) is 5.88 Å². The third-order valence-corrected chi connectivity index (χ3v) is 0.965. The van der Waals surface area contributed by atoms with E-state index in [0.29, 0.717) is 0 Å². The van der Waals surface area contributed by atoms with Gasteiger partial charge < -0.3 is 4.74 Å². The fourth-order valence-electron chi connectivity index (χ4n) is 0.410. The van der Waals surface area contributed by atoms with Crippen LogP contribution in [0.25, 0.3) is 0 Å². The summed E-state index contributed by atoms with van der Waals surface area (Å²) in [6.07, 6.45) is 0. The zero-order valence-corrected chi connectivity index (χ0v) is 5.59. The molecular formula is C6H7ClN2O. The molecule has 1 aromatic heterocycles. The molecule has 0 aliphatic carbocycles. The number of nitrogens with zero attached hydrogens (tertiary/aromatic N) is 2. The highest BCUT2D eigenvalue weighted by molar-refractivity contribution is 6.29. The van der Waals surface area contributed by atoms with E-state index in [4.69, 9.17) is 18.5 Å². The van der Waals surface area contributed by atoms with Gasteiger partial charge in [-0.2, -0.15) is 0 Å². The molecule has 0 aliphatic heterocycles. The third-order valence-electron chi connectivity index (χ3n) is 0.763. The second-order valence-corrected chi connectivity index (χ2v) is 1.79. The van der Waals surface area contributed by atoms with Crippen molar-refractivity contribution in [3.05, 3.63) is 17.3 Å². The van der Waals surface area contributed by atoms with Crippen molar-refractivity contribution in [2.75, 3.05) is 6.56 Å². The summed E-state index contributed by atoms with van der Waals surface area (Å²) in [4.78, 5) is 0. The van der Waals surface area contributed by atoms with Crippen molar-refractivity contribution in [2.24, 2.45) is 0 Å². The molecule has 1 heterocycles. The topological polar surface area (TPSA) is 35.0 Å². The first kappa shape index (κ1) is 3.05. The van der Waals surface area contributed by atoms with E-state index in [2.05, 4.69) is 14.9 Å². The maximum absolute atomic E-state index is 7.15. The summed E-state index contributed by atoms with van der Waals surface area (Å²) in [6, 6.07) is 2.55. The Morgan fingerprint density at radius 1 is 1.80 bits per heavy atom. The lowest BCUT2D eigenvalue weighted by molar-refractivity contribution is 0.322. The molecule has 0 atom stereocenters. The normalized spacial score (nSPS) is 19.5. The largest absolute Gasteiger partial charge is 0.477 e. The molecule has 10 heavy (non-hydrogen) atoms. The Morgan fingerprint density at radius 3 is 3.30 bits per heavy atom. The molecule has 0 amide bonds. The van der Waals surface area contributed by atoms with Gasteiger partial charge in [0.05, 0.1) is 9.30 Å². The highest BCUT2D eigenvalue weighted by Crippen LogP contribution is 2.07. The van der Waals surface area contributed by atoms with Crippen LogP contribution in [0.1, 0.15) is 13.7 Å². The zero-order chi connectivity index (χ0) is 11.7. The van der Waals surface area contributed by atoms with E-state index >= 15 is 0 Å². The van der Waals surface area contributed by atoms with Crippen molar-refractivity contribution in [3.8, 4) is 5.88 Å². The Bertz CT molecular complexity index is 338. The maximum Gasteiger partial charge on any atom is 0.233 e. The van der Waals surface area contributed by atoms with Crippen LogP contribution in [-0.2, 0) is 0 Å². The van der Waals surface area contributed by atoms with Gasteiger partial charge in [0, 0.05) is 10.2 Å². The number of halogens is 1. The first-order valence-electron chi connectivity index (χ1n) is 4.91. The standard InChI is InChI=1S/C6H7ClN2O/c1-2-10-6-4-3-5(7)8-9-6/h3-4H,2H2,1H3/i1D3,2D2. The van der Waals surface area contributed by atoms with Crippen molar-refractivity contribution in [1.82, 2.24) is 10.2 Å². The Morgan fingerprint density at radius 2 is 2.70 bits per heavy atom. The number of rotatable bonds is 2. The van der Waals surface area contributed by atoms with Gasteiger partial charge in [0.15, 0.2) is 5.15 Å².